The number of non-ortho nitro benzene ring substituents is 1. The second-order valence-electron chi connectivity index (χ2n) is 7.29. The Labute approximate surface area is 190 Å². The van der Waals surface area contributed by atoms with Crippen molar-refractivity contribution in [3.8, 4) is 17.0 Å². The van der Waals surface area contributed by atoms with Gasteiger partial charge in [0.15, 0.2) is 0 Å². The number of thiazole rings is 1. The van der Waals surface area contributed by atoms with Gasteiger partial charge in [0.2, 0.25) is 10.0 Å². The van der Waals surface area contributed by atoms with Crippen molar-refractivity contribution in [2.75, 3.05) is 33.3 Å². The second kappa shape index (κ2) is 9.33. The Hall–Kier alpha value is -2.86. The maximum Gasteiger partial charge on any atom is 0.269 e. The maximum atomic E-state index is 12.9. The van der Waals surface area contributed by atoms with Crippen molar-refractivity contribution < 1.29 is 18.1 Å². The number of hydrogen-bond donors (Lipinski definition) is 0. The molecule has 4 rings (SSSR count). The molecule has 2 heterocycles. The van der Waals surface area contributed by atoms with Crippen LogP contribution < -0.4 is 4.74 Å². The Morgan fingerprint density at radius 1 is 1.12 bits per heavy atom. The lowest BCUT2D eigenvalue weighted by Crippen LogP contribution is -2.48. The molecule has 0 radical (unpaired) electrons. The maximum absolute atomic E-state index is 12.9. The molecule has 0 atom stereocenters. The van der Waals surface area contributed by atoms with Crippen LogP contribution in [0, 0.1) is 10.1 Å². The van der Waals surface area contributed by atoms with E-state index in [0.717, 1.165) is 22.0 Å². The normalized spacial score (nSPS) is 15.5. The van der Waals surface area contributed by atoms with Crippen molar-refractivity contribution >= 4 is 27.0 Å². The third kappa shape index (κ3) is 4.80. The Balaban J connectivity index is 1.37. The van der Waals surface area contributed by atoms with Crippen LogP contribution in [0.5, 0.6) is 5.75 Å². The quantitative estimate of drug-likeness (QED) is 0.382. The summed E-state index contributed by atoms with van der Waals surface area (Å²) < 4.78 is 32.4. The summed E-state index contributed by atoms with van der Waals surface area (Å²) in [6.45, 7) is 2.53. The number of nitrogens with zero attached hydrogens (tertiary/aromatic N) is 4. The predicted molar refractivity (Wildman–Crippen MR) is 121 cm³/mol. The van der Waals surface area contributed by atoms with Gasteiger partial charge in [-0.2, -0.15) is 4.31 Å². The van der Waals surface area contributed by atoms with Gasteiger partial charge in [-0.15, -0.1) is 11.3 Å². The third-order valence-electron chi connectivity index (χ3n) is 5.29. The third-order valence-corrected chi connectivity index (χ3v) is 8.04. The van der Waals surface area contributed by atoms with Crippen LogP contribution in [0.3, 0.4) is 0 Å². The van der Waals surface area contributed by atoms with E-state index in [1.807, 2.05) is 29.6 Å². The van der Waals surface area contributed by atoms with Gasteiger partial charge in [-0.1, -0.05) is 12.1 Å². The van der Waals surface area contributed by atoms with Gasteiger partial charge in [-0.05, 0) is 24.3 Å². The highest BCUT2D eigenvalue weighted by Gasteiger charge is 2.29. The van der Waals surface area contributed by atoms with E-state index in [9.17, 15) is 18.5 Å². The minimum Gasteiger partial charge on any atom is -0.497 e. The van der Waals surface area contributed by atoms with Crippen LogP contribution in [0.4, 0.5) is 5.69 Å². The van der Waals surface area contributed by atoms with Gasteiger partial charge in [0.1, 0.15) is 10.8 Å². The number of piperazine rings is 1. The van der Waals surface area contributed by atoms with Crippen LogP contribution in [0.1, 0.15) is 5.01 Å². The van der Waals surface area contributed by atoms with Crippen molar-refractivity contribution in [3.63, 3.8) is 0 Å². The van der Waals surface area contributed by atoms with Crippen LogP contribution in [0.25, 0.3) is 11.3 Å². The summed E-state index contributed by atoms with van der Waals surface area (Å²) in [4.78, 5) is 17.2. The van der Waals surface area contributed by atoms with E-state index >= 15 is 0 Å². The number of aromatic nitrogens is 1. The summed E-state index contributed by atoms with van der Waals surface area (Å²) in [6, 6.07) is 12.8. The lowest BCUT2D eigenvalue weighted by atomic mass is 10.2. The summed E-state index contributed by atoms with van der Waals surface area (Å²) in [7, 11) is -2.05. The highest BCUT2D eigenvalue weighted by atomic mass is 32.2. The second-order valence-corrected chi connectivity index (χ2v) is 10.2. The number of nitro benzene ring substituents is 1. The predicted octanol–water partition coefficient (Wildman–Crippen LogP) is 3.23. The molecule has 1 saturated heterocycles. The molecule has 0 bridgehead atoms. The first-order valence-corrected chi connectivity index (χ1v) is 12.2. The monoisotopic (exact) mass is 474 g/mol. The Morgan fingerprint density at radius 2 is 1.84 bits per heavy atom. The van der Waals surface area contributed by atoms with Crippen LogP contribution >= 0.6 is 11.3 Å². The highest BCUT2D eigenvalue weighted by molar-refractivity contribution is 7.89. The number of benzene rings is 2. The van der Waals surface area contributed by atoms with E-state index in [1.165, 1.54) is 28.6 Å². The van der Waals surface area contributed by atoms with Gasteiger partial charge in [0.05, 0.1) is 29.2 Å². The average Bonchev–Trinajstić information content (AvgIpc) is 3.28. The van der Waals surface area contributed by atoms with E-state index < -0.39 is 14.9 Å². The molecule has 1 aliphatic heterocycles. The fourth-order valence-corrected chi connectivity index (χ4v) is 5.77. The Morgan fingerprint density at radius 3 is 2.50 bits per heavy atom. The molecule has 11 heteroatoms. The van der Waals surface area contributed by atoms with Crippen molar-refractivity contribution in [2.24, 2.45) is 0 Å². The molecule has 32 heavy (non-hydrogen) atoms. The molecule has 9 nitrogen and oxygen atoms in total. The minimum atomic E-state index is -3.68. The largest absolute Gasteiger partial charge is 0.497 e. The van der Waals surface area contributed by atoms with Crippen molar-refractivity contribution in [3.05, 3.63) is 69.0 Å². The SMILES string of the molecule is COc1cccc(-c2csc(CN3CCN(S(=O)(=O)c4ccc([N+](=O)[O-])cc4)CC3)n2)c1. The topological polar surface area (TPSA) is 106 Å². The molecule has 3 aromatic rings. The van der Waals surface area contributed by atoms with Crippen LogP contribution in [-0.4, -0.2) is 60.8 Å². The van der Waals surface area contributed by atoms with Gasteiger partial charge in [-0.25, -0.2) is 13.4 Å². The van der Waals surface area contributed by atoms with Gasteiger partial charge in [0, 0.05) is 49.3 Å². The Kier molecular flexibility index (Phi) is 6.51. The summed E-state index contributed by atoms with van der Waals surface area (Å²) in [5.41, 5.74) is 1.75. The van der Waals surface area contributed by atoms with Crippen LogP contribution in [0.2, 0.25) is 0 Å². The summed E-state index contributed by atoms with van der Waals surface area (Å²) in [6.07, 6.45) is 0. The number of ether oxygens (including phenoxy) is 1. The lowest BCUT2D eigenvalue weighted by molar-refractivity contribution is -0.384. The molecule has 0 spiro atoms. The first-order chi connectivity index (χ1) is 15.4. The zero-order valence-corrected chi connectivity index (χ0v) is 19.0. The van der Waals surface area contributed by atoms with E-state index in [0.29, 0.717) is 32.7 Å². The first-order valence-electron chi connectivity index (χ1n) is 9.92. The lowest BCUT2D eigenvalue weighted by Gasteiger charge is -2.33. The Bertz CT molecular complexity index is 1200. The molecule has 0 N–H and O–H groups in total. The molecular formula is C21H22N4O5S2. The molecule has 2 aromatic carbocycles. The van der Waals surface area contributed by atoms with E-state index in [1.54, 1.807) is 18.4 Å². The van der Waals surface area contributed by atoms with Crippen molar-refractivity contribution in [2.45, 2.75) is 11.4 Å². The number of sulfonamides is 1. The minimum absolute atomic E-state index is 0.0689. The fraction of sp³-hybridized carbons (Fsp3) is 0.286. The summed E-state index contributed by atoms with van der Waals surface area (Å²) >= 11 is 1.58. The standard InChI is InChI=1S/C21H22N4O5S2/c1-30-18-4-2-3-16(13-18)20-15-31-21(22-20)14-23-9-11-24(12-10-23)32(28,29)19-7-5-17(6-8-19)25(26)27/h2-8,13,15H,9-12,14H2,1H3. The smallest absolute Gasteiger partial charge is 0.269 e. The number of methoxy groups -OCH3 is 1. The van der Waals surface area contributed by atoms with Gasteiger partial charge in [-0.3, -0.25) is 15.0 Å². The van der Waals surface area contributed by atoms with Crippen molar-refractivity contribution in [1.82, 2.24) is 14.2 Å². The van der Waals surface area contributed by atoms with Crippen LogP contribution in [0.15, 0.2) is 58.8 Å². The van der Waals surface area contributed by atoms with Gasteiger partial charge >= 0.3 is 0 Å². The number of hydrogen-bond acceptors (Lipinski definition) is 8. The zero-order chi connectivity index (χ0) is 22.7. The highest BCUT2D eigenvalue weighted by Crippen LogP contribution is 2.26. The summed E-state index contributed by atoms with van der Waals surface area (Å²) in [5.74, 6) is 0.780. The number of rotatable bonds is 7. The average molecular weight is 475 g/mol. The van der Waals surface area contributed by atoms with Crippen LogP contribution in [-0.2, 0) is 16.6 Å². The molecule has 1 fully saturated rings. The molecule has 1 aliphatic rings. The number of nitro groups is 1. The molecule has 1 aromatic heterocycles. The molecule has 0 saturated carbocycles. The van der Waals surface area contributed by atoms with E-state index in [4.69, 9.17) is 9.72 Å². The van der Waals surface area contributed by atoms with E-state index in [2.05, 4.69) is 4.90 Å². The zero-order valence-electron chi connectivity index (χ0n) is 17.4. The molecule has 0 amide bonds. The molecule has 168 valence electrons. The van der Waals surface area contributed by atoms with Crippen molar-refractivity contribution in [1.29, 1.82) is 0 Å². The van der Waals surface area contributed by atoms with Gasteiger partial charge < -0.3 is 4.74 Å². The fourth-order valence-electron chi connectivity index (χ4n) is 3.51. The molecule has 0 aliphatic carbocycles. The molecular weight excluding hydrogens is 452 g/mol. The molecule has 0 unspecified atom stereocenters. The van der Waals surface area contributed by atoms with E-state index in [-0.39, 0.29) is 10.6 Å². The summed E-state index contributed by atoms with van der Waals surface area (Å²) in [5, 5.41) is 13.8. The van der Waals surface area contributed by atoms with Gasteiger partial charge in [0.25, 0.3) is 5.69 Å². The first kappa shape index (κ1) is 22.3.